The van der Waals surface area contributed by atoms with E-state index in [2.05, 4.69) is 26.7 Å². The molecule has 1 aromatic heterocycles. The monoisotopic (exact) mass is 379 g/mol. The molecule has 0 amide bonds. The minimum atomic E-state index is -0.466. The Bertz CT molecular complexity index is 1020. The van der Waals surface area contributed by atoms with E-state index in [1.165, 1.54) is 7.11 Å². The van der Waals surface area contributed by atoms with E-state index in [0.717, 1.165) is 5.69 Å². The van der Waals surface area contributed by atoms with E-state index in [9.17, 15) is 4.79 Å². The lowest BCUT2D eigenvalue weighted by atomic mass is 10.2. The van der Waals surface area contributed by atoms with Gasteiger partial charge in [0.25, 0.3) is 0 Å². The van der Waals surface area contributed by atoms with Crippen molar-refractivity contribution in [1.82, 2.24) is 9.97 Å². The maximum absolute atomic E-state index is 11.7. The first-order chi connectivity index (χ1) is 13.1. The largest absolute Gasteiger partial charge is 0.465 e. The Hall–Kier alpha value is -3.63. The topological polar surface area (TPSA) is 99.9 Å². The van der Waals surface area contributed by atoms with Crippen LogP contribution in [0.2, 0.25) is 5.02 Å². The van der Waals surface area contributed by atoms with Crippen molar-refractivity contribution in [3.05, 3.63) is 70.9 Å². The molecule has 0 radical (unpaired) electrons. The number of carbonyl (C=O) groups excluding carboxylic acids is 1. The van der Waals surface area contributed by atoms with Crippen molar-refractivity contribution < 1.29 is 9.53 Å². The Labute approximate surface area is 160 Å². The van der Waals surface area contributed by atoms with Crippen LogP contribution in [0.25, 0.3) is 0 Å². The maximum atomic E-state index is 11.7. The molecule has 0 unspecified atom stereocenters. The number of aromatic nitrogens is 2. The number of carbonyl (C=O) groups is 1. The van der Waals surface area contributed by atoms with Gasteiger partial charge in [0.05, 0.1) is 35.0 Å². The molecule has 0 bridgehead atoms. The molecule has 0 spiro atoms. The van der Waals surface area contributed by atoms with Crippen LogP contribution in [-0.2, 0) is 4.74 Å². The van der Waals surface area contributed by atoms with Gasteiger partial charge >= 0.3 is 5.97 Å². The van der Waals surface area contributed by atoms with Crippen LogP contribution >= 0.6 is 11.6 Å². The number of esters is 1. The van der Waals surface area contributed by atoms with Gasteiger partial charge in [-0.3, -0.25) is 0 Å². The van der Waals surface area contributed by atoms with E-state index in [4.69, 9.17) is 21.6 Å². The normalized spacial score (nSPS) is 9.96. The van der Waals surface area contributed by atoms with Gasteiger partial charge < -0.3 is 15.4 Å². The molecule has 8 heteroatoms. The Kier molecular flexibility index (Phi) is 5.50. The predicted molar refractivity (Wildman–Crippen MR) is 103 cm³/mol. The molecule has 0 aliphatic carbocycles. The van der Waals surface area contributed by atoms with Gasteiger partial charge in [0, 0.05) is 11.9 Å². The highest BCUT2D eigenvalue weighted by Crippen LogP contribution is 2.26. The van der Waals surface area contributed by atoms with E-state index >= 15 is 0 Å². The number of hydrogen-bond acceptors (Lipinski definition) is 7. The van der Waals surface area contributed by atoms with Crippen molar-refractivity contribution in [2.75, 3.05) is 17.7 Å². The molecule has 2 aromatic carbocycles. The highest BCUT2D eigenvalue weighted by atomic mass is 35.5. The summed E-state index contributed by atoms with van der Waals surface area (Å²) < 4.78 is 4.71. The first-order valence-corrected chi connectivity index (χ1v) is 8.22. The lowest BCUT2D eigenvalue weighted by Gasteiger charge is -2.10. The molecule has 0 fully saturated rings. The van der Waals surface area contributed by atoms with E-state index in [0.29, 0.717) is 33.6 Å². The summed E-state index contributed by atoms with van der Waals surface area (Å²) in [5.41, 5.74) is 2.20. The second kappa shape index (κ2) is 8.17. The number of ether oxygens (including phenoxy) is 1. The van der Waals surface area contributed by atoms with Crippen molar-refractivity contribution in [3.63, 3.8) is 0 Å². The van der Waals surface area contributed by atoms with Gasteiger partial charge in [0.2, 0.25) is 5.95 Å². The lowest BCUT2D eigenvalue weighted by molar-refractivity contribution is 0.0601. The molecule has 7 nitrogen and oxygen atoms in total. The molecule has 0 atom stereocenters. The van der Waals surface area contributed by atoms with Gasteiger partial charge in [-0.2, -0.15) is 10.2 Å². The second-order valence-corrected chi connectivity index (χ2v) is 5.80. The van der Waals surface area contributed by atoms with Crippen LogP contribution in [0.15, 0.2) is 54.7 Å². The van der Waals surface area contributed by atoms with Gasteiger partial charge in [-0.05, 0) is 48.5 Å². The summed E-state index contributed by atoms with van der Waals surface area (Å²) >= 11 is 6.18. The molecule has 1 heterocycles. The molecule has 2 N–H and O–H groups in total. The zero-order valence-corrected chi connectivity index (χ0v) is 15.0. The standard InChI is InChI=1S/C19H14ClN5O2/c1-27-18(26)13-4-7-15(20)16(10-13)24-19-22-9-8-17(25-19)23-14-5-2-12(11-21)3-6-14/h2-10H,1H3,(H2,22,23,24,25). The summed E-state index contributed by atoms with van der Waals surface area (Å²) in [4.78, 5) is 20.2. The fraction of sp³-hybridized carbons (Fsp3) is 0.0526. The number of rotatable bonds is 5. The van der Waals surface area contributed by atoms with Crippen LogP contribution in [0, 0.1) is 11.3 Å². The molecule has 134 valence electrons. The van der Waals surface area contributed by atoms with Crippen LogP contribution in [0.3, 0.4) is 0 Å². The van der Waals surface area contributed by atoms with Gasteiger partial charge in [-0.15, -0.1) is 0 Å². The van der Waals surface area contributed by atoms with Gasteiger partial charge in [-0.25, -0.2) is 9.78 Å². The van der Waals surface area contributed by atoms with E-state index in [1.807, 2.05) is 0 Å². The number of nitrogens with one attached hydrogen (secondary N) is 2. The van der Waals surface area contributed by atoms with Crippen LogP contribution in [0.4, 0.5) is 23.1 Å². The third-order valence-corrected chi connectivity index (χ3v) is 3.91. The minimum Gasteiger partial charge on any atom is -0.465 e. The first-order valence-electron chi connectivity index (χ1n) is 7.84. The Morgan fingerprint density at radius 1 is 1.15 bits per heavy atom. The van der Waals surface area contributed by atoms with Crippen molar-refractivity contribution >= 4 is 40.7 Å². The number of nitriles is 1. The van der Waals surface area contributed by atoms with Gasteiger partial charge in [-0.1, -0.05) is 11.6 Å². The van der Waals surface area contributed by atoms with Crippen molar-refractivity contribution in [1.29, 1.82) is 5.26 Å². The second-order valence-electron chi connectivity index (χ2n) is 5.39. The molecule has 0 aliphatic rings. The summed E-state index contributed by atoms with van der Waals surface area (Å²) in [5, 5.41) is 15.4. The number of methoxy groups -OCH3 is 1. The van der Waals surface area contributed by atoms with E-state index in [1.54, 1.807) is 54.7 Å². The van der Waals surface area contributed by atoms with Crippen LogP contribution in [-0.4, -0.2) is 23.0 Å². The molecule has 0 aliphatic heterocycles. The van der Waals surface area contributed by atoms with Gasteiger partial charge in [0.1, 0.15) is 5.82 Å². The Balaban J connectivity index is 1.79. The van der Waals surface area contributed by atoms with Crippen molar-refractivity contribution in [2.24, 2.45) is 0 Å². The molecule has 0 saturated carbocycles. The Morgan fingerprint density at radius 2 is 1.93 bits per heavy atom. The Morgan fingerprint density at radius 3 is 2.63 bits per heavy atom. The molecular formula is C19H14ClN5O2. The fourth-order valence-corrected chi connectivity index (χ4v) is 2.42. The minimum absolute atomic E-state index is 0.303. The maximum Gasteiger partial charge on any atom is 0.337 e. The molecule has 0 saturated heterocycles. The molecular weight excluding hydrogens is 366 g/mol. The summed E-state index contributed by atoms with van der Waals surface area (Å²) in [5.74, 6) is 0.391. The SMILES string of the molecule is COC(=O)c1ccc(Cl)c(Nc2nccc(Nc3ccc(C#N)cc3)n2)c1. The average Bonchev–Trinajstić information content (AvgIpc) is 2.70. The average molecular weight is 380 g/mol. The number of halogens is 1. The van der Waals surface area contributed by atoms with Crippen LogP contribution < -0.4 is 10.6 Å². The number of nitrogens with zero attached hydrogens (tertiary/aromatic N) is 3. The summed E-state index contributed by atoms with van der Waals surface area (Å²) in [6.45, 7) is 0. The third-order valence-electron chi connectivity index (χ3n) is 3.58. The van der Waals surface area contributed by atoms with E-state index < -0.39 is 5.97 Å². The van der Waals surface area contributed by atoms with Crippen molar-refractivity contribution in [3.8, 4) is 6.07 Å². The highest BCUT2D eigenvalue weighted by molar-refractivity contribution is 6.33. The highest BCUT2D eigenvalue weighted by Gasteiger charge is 2.10. The lowest BCUT2D eigenvalue weighted by Crippen LogP contribution is -2.04. The molecule has 3 rings (SSSR count). The molecule has 27 heavy (non-hydrogen) atoms. The first kappa shape index (κ1) is 18.2. The number of benzene rings is 2. The third kappa shape index (κ3) is 4.51. The zero-order chi connectivity index (χ0) is 19.2. The van der Waals surface area contributed by atoms with Crippen LogP contribution in [0.5, 0.6) is 0 Å². The predicted octanol–water partition coefficient (Wildman–Crippen LogP) is 4.28. The summed E-state index contributed by atoms with van der Waals surface area (Å²) in [6.07, 6.45) is 1.58. The zero-order valence-electron chi connectivity index (χ0n) is 14.2. The summed E-state index contributed by atoms with van der Waals surface area (Å²) in [7, 11) is 1.31. The molecule has 3 aromatic rings. The smallest absolute Gasteiger partial charge is 0.337 e. The summed E-state index contributed by atoms with van der Waals surface area (Å²) in [6, 6.07) is 15.5. The van der Waals surface area contributed by atoms with Gasteiger partial charge in [0.15, 0.2) is 0 Å². The quantitative estimate of drug-likeness (QED) is 0.638. The van der Waals surface area contributed by atoms with E-state index in [-0.39, 0.29) is 0 Å². The number of hydrogen-bond donors (Lipinski definition) is 2. The van der Waals surface area contributed by atoms with Crippen LogP contribution in [0.1, 0.15) is 15.9 Å². The number of anilines is 4. The fourth-order valence-electron chi connectivity index (χ4n) is 2.25. The van der Waals surface area contributed by atoms with Crippen molar-refractivity contribution in [2.45, 2.75) is 0 Å².